The van der Waals surface area contributed by atoms with E-state index in [9.17, 15) is 14.4 Å². The van der Waals surface area contributed by atoms with Gasteiger partial charge in [-0.1, -0.05) is 102 Å². The van der Waals surface area contributed by atoms with Gasteiger partial charge >= 0.3 is 0 Å². The summed E-state index contributed by atoms with van der Waals surface area (Å²) in [4.78, 5) is 36.1. The molecule has 0 saturated carbocycles. The van der Waals surface area contributed by atoms with Crippen LogP contribution in [0.4, 0.5) is 0 Å². The zero-order chi connectivity index (χ0) is 31.7. The van der Waals surface area contributed by atoms with Crippen LogP contribution in [-0.4, -0.2) is 53.4 Å². The number of hydrogen-bond acceptors (Lipinski definition) is 4. The standard InChI is InChI=1S/C13H17NO2P2.C7H5N.C6H5Cl.C6H13NOP2/c1-13(8-9-14(12(13)16)18-17-2)11(15)10-6-4-3-5-7-10;8-6-7-4-2-1-3-5-7;7-6-4-2-1-3-5-6;1-5-3-4-7(6(5)8)10-9-2/h3-7,17-18H,8-9H2,1-2H3;1-5H;1-5H;5,9-10H,3-4H2,1-2H3/t13-;;;/m0.../s1. The average Bonchev–Trinajstić information content (AvgIpc) is 3.52. The lowest BCUT2D eigenvalue weighted by Gasteiger charge is -2.21. The van der Waals surface area contributed by atoms with E-state index in [0.29, 0.717) is 44.3 Å². The molecule has 2 aliphatic heterocycles. The summed E-state index contributed by atoms with van der Waals surface area (Å²) in [5, 5.41) is 9.08. The third kappa shape index (κ3) is 12.0. The van der Waals surface area contributed by atoms with E-state index in [-0.39, 0.29) is 11.7 Å². The molecule has 2 aliphatic rings. The third-order valence-corrected chi connectivity index (χ3v) is 11.8. The minimum atomic E-state index is -0.853. The maximum atomic E-state index is 12.5. The number of amides is 2. The molecule has 228 valence electrons. The second-order valence-corrected chi connectivity index (χ2v) is 17.2. The second-order valence-electron chi connectivity index (χ2n) is 9.91. The summed E-state index contributed by atoms with van der Waals surface area (Å²) < 4.78 is 3.85. The highest BCUT2D eigenvalue weighted by Crippen LogP contribution is 2.46. The van der Waals surface area contributed by atoms with Crippen LogP contribution in [0, 0.1) is 22.7 Å². The first-order valence-corrected chi connectivity index (χ1v) is 21.2. The summed E-state index contributed by atoms with van der Waals surface area (Å²) in [6, 6.07) is 29.7. The lowest BCUT2D eigenvalue weighted by atomic mass is 9.81. The van der Waals surface area contributed by atoms with Crippen LogP contribution in [0.15, 0.2) is 91.0 Å². The Labute approximate surface area is 268 Å². The van der Waals surface area contributed by atoms with Gasteiger partial charge in [-0.15, -0.1) is 0 Å². The monoisotopic (exact) mass is 673 g/mol. The van der Waals surface area contributed by atoms with Crippen molar-refractivity contribution in [2.45, 2.75) is 26.7 Å². The van der Waals surface area contributed by atoms with Crippen molar-refractivity contribution in [1.82, 2.24) is 9.34 Å². The van der Waals surface area contributed by atoms with E-state index in [4.69, 9.17) is 16.9 Å². The summed E-state index contributed by atoms with van der Waals surface area (Å²) in [5.41, 5.74) is 0.499. The molecule has 11 heteroatoms. The van der Waals surface area contributed by atoms with Crippen LogP contribution in [0.2, 0.25) is 5.02 Å². The van der Waals surface area contributed by atoms with E-state index < -0.39 is 5.41 Å². The lowest BCUT2D eigenvalue weighted by Crippen LogP contribution is -2.35. The number of nitrogens with zero attached hydrogens (tertiary/aromatic N) is 3. The van der Waals surface area contributed by atoms with Crippen LogP contribution in [0.3, 0.4) is 0 Å². The molecule has 0 bridgehead atoms. The van der Waals surface area contributed by atoms with Gasteiger partial charge in [-0.2, -0.15) is 5.26 Å². The molecule has 3 aromatic carbocycles. The van der Waals surface area contributed by atoms with Crippen molar-refractivity contribution < 1.29 is 14.4 Å². The Bertz CT molecular complexity index is 1330. The van der Waals surface area contributed by atoms with Crippen LogP contribution in [0.1, 0.15) is 42.6 Å². The molecular weight excluding hydrogens is 634 g/mol. The van der Waals surface area contributed by atoms with Gasteiger partial charge in [-0.05, 0) is 57.4 Å². The van der Waals surface area contributed by atoms with Gasteiger partial charge < -0.3 is 9.34 Å². The highest BCUT2D eigenvalue weighted by atomic mass is 35.5. The largest absolute Gasteiger partial charge is 0.321 e. The molecule has 0 radical (unpaired) electrons. The van der Waals surface area contributed by atoms with E-state index in [1.165, 1.54) is 0 Å². The van der Waals surface area contributed by atoms with E-state index in [0.717, 1.165) is 42.9 Å². The molecule has 2 saturated heterocycles. The van der Waals surface area contributed by atoms with E-state index in [1.54, 1.807) is 31.2 Å². The first kappa shape index (κ1) is 37.0. The topological polar surface area (TPSA) is 81.5 Å². The molecule has 2 amide bonds. The molecule has 0 spiro atoms. The van der Waals surface area contributed by atoms with E-state index >= 15 is 0 Å². The smallest absolute Gasteiger partial charge is 0.239 e. The van der Waals surface area contributed by atoms with Crippen molar-refractivity contribution >= 4 is 62.6 Å². The van der Waals surface area contributed by atoms with Crippen LogP contribution >= 0.6 is 45.0 Å². The Balaban J connectivity index is 0.000000218. The van der Waals surface area contributed by atoms with Crippen molar-refractivity contribution in [2.24, 2.45) is 11.3 Å². The average molecular weight is 674 g/mol. The van der Waals surface area contributed by atoms with Gasteiger partial charge in [0.1, 0.15) is 5.41 Å². The molecule has 6 atom stereocenters. The fourth-order valence-electron chi connectivity index (χ4n) is 4.20. The molecule has 0 aliphatic carbocycles. The van der Waals surface area contributed by atoms with Crippen LogP contribution in [-0.2, 0) is 9.59 Å². The van der Waals surface area contributed by atoms with Gasteiger partial charge in [-0.3, -0.25) is 14.4 Å². The maximum Gasteiger partial charge on any atom is 0.239 e. The minimum absolute atomic E-state index is 0.00374. The number of hydrogen-bond donors (Lipinski definition) is 0. The second kappa shape index (κ2) is 19.9. The molecule has 2 heterocycles. The molecule has 3 aromatic rings. The van der Waals surface area contributed by atoms with Gasteiger partial charge in [0.2, 0.25) is 11.8 Å². The van der Waals surface area contributed by atoms with Crippen molar-refractivity contribution in [3.63, 3.8) is 0 Å². The Kier molecular flexibility index (Phi) is 17.1. The van der Waals surface area contributed by atoms with Gasteiger partial charge in [0.05, 0.1) is 11.6 Å². The zero-order valence-corrected chi connectivity index (χ0v) is 29.8. The van der Waals surface area contributed by atoms with Gasteiger partial charge in [0, 0.05) is 46.4 Å². The number of ketones is 1. The molecule has 0 aromatic heterocycles. The fourth-order valence-corrected chi connectivity index (χ4v) is 8.95. The Morgan fingerprint density at radius 2 is 1.37 bits per heavy atom. The number of Topliss-reactive ketones (excluding diaryl/α,β-unsaturated/α-hetero) is 1. The molecule has 43 heavy (non-hydrogen) atoms. The van der Waals surface area contributed by atoms with E-state index in [2.05, 4.69) is 13.3 Å². The molecule has 2 fully saturated rings. The van der Waals surface area contributed by atoms with Gasteiger partial charge in [-0.25, -0.2) is 0 Å². The van der Waals surface area contributed by atoms with Crippen LogP contribution in [0.5, 0.6) is 0 Å². The number of rotatable bonds is 6. The van der Waals surface area contributed by atoms with E-state index in [1.807, 2.05) is 89.1 Å². The highest BCUT2D eigenvalue weighted by Gasteiger charge is 2.48. The highest BCUT2D eigenvalue weighted by molar-refractivity contribution is 8.10. The summed E-state index contributed by atoms with van der Waals surface area (Å²) in [7, 11) is 2.91. The molecule has 5 rings (SSSR count). The zero-order valence-electron chi connectivity index (χ0n) is 25.0. The Morgan fingerprint density at radius 1 is 0.860 bits per heavy atom. The van der Waals surface area contributed by atoms with Crippen LogP contribution < -0.4 is 0 Å². The van der Waals surface area contributed by atoms with Crippen molar-refractivity contribution in [3.05, 3.63) is 107 Å². The summed E-state index contributed by atoms with van der Waals surface area (Å²) in [5.74, 6) is 0.625. The molecule has 6 nitrogen and oxygen atoms in total. The maximum absolute atomic E-state index is 12.5. The predicted molar refractivity (Wildman–Crippen MR) is 188 cm³/mol. The SMILES string of the molecule is CPPN1CCC(C)C1=O.CPPN1CC[C@@](C)(C(=O)c2ccccc2)C1=O.Clc1ccccc1.N#Cc1ccccc1. The number of nitriles is 1. The number of carbonyl (C=O) groups excluding carboxylic acids is 3. The van der Waals surface area contributed by atoms with Crippen molar-refractivity contribution in [2.75, 3.05) is 26.4 Å². The minimum Gasteiger partial charge on any atom is -0.321 e. The molecular formula is C32H40ClN3O3P4. The summed E-state index contributed by atoms with van der Waals surface area (Å²) in [6.45, 7) is 9.75. The lowest BCUT2D eigenvalue weighted by molar-refractivity contribution is -0.129. The quantitative estimate of drug-likeness (QED) is 0.149. The molecule has 5 unspecified atom stereocenters. The first-order chi connectivity index (χ1) is 20.7. The van der Waals surface area contributed by atoms with Gasteiger partial charge in [0.15, 0.2) is 5.78 Å². The number of carbonyl (C=O) groups is 3. The normalized spacial score (nSPS) is 19.9. The predicted octanol–water partition coefficient (Wildman–Crippen LogP) is 8.49. The van der Waals surface area contributed by atoms with Crippen molar-refractivity contribution in [3.8, 4) is 6.07 Å². The van der Waals surface area contributed by atoms with Gasteiger partial charge in [0.25, 0.3) is 0 Å². The summed E-state index contributed by atoms with van der Waals surface area (Å²) >= 11 is 5.54. The summed E-state index contributed by atoms with van der Waals surface area (Å²) in [6.07, 6.45) is 1.70. The first-order valence-electron chi connectivity index (χ1n) is 13.9. The fraction of sp³-hybridized carbons (Fsp3) is 0.312. The van der Waals surface area contributed by atoms with Crippen LogP contribution in [0.25, 0.3) is 0 Å². The van der Waals surface area contributed by atoms with Crippen molar-refractivity contribution in [1.29, 1.82) is 5.26 Å². The third-order valence-electron chi connectivity index (χ3n) is 6.69. The number of benzene rings is 3. The Morgan fingerprint density at radius 3 is 1.79 bits per heavy atom. The number of halogens is 1. The Hall–Kier alpha value is -2.23. The molecule has 0 N–H and O–H groups in total.